The van der Waals surface area contributed by atoms with Crippen LogP contribution in [0.4, 0.5) is 0 Å². The quantitative estimate of drug-likeness (QED) is 0.804. The molecule has 0 bridgehead atoms. The molecule has 0 unspecified atom stereocenters. The average Bonchev–Trinajstić information content (AvgIpc) is 2.67. The standard InChI is InChI=1S/C13H25N3/c1-5-11-8-12(16(4)15-11)9-13(6-2,7-3)10-14/h8H,5-7,9-10,14H2,1-4H3. The van der Waals surface area contributed by atoms with Crippen molar-refractivity contribution in [2.24, 2.45) is 18.2 Å². The van der Waals surface area contributed by atoms with Gasteiger partial charge in [-0.25, -0.2) is 0 Å². The normalized spacial score (nSPS) is 12.1. The van der Waals surface area contributed by atoms with Gasteiger partial charge in [-0.15, -0.1) is 0 Å². The van der Waals surface area contributed by atoms with Crippen molar-refractivity contribution in [1.29, 1.82) is 0 Å². The number of nitrogens with two attached hydrogens (primary N) is 1. The predicted octanol–water partition coefficient (Wildman–Crippen LogP) is 2.29. The topological polar surface area (TPSA) is 43.8 Å². The van der Waals surface area contributed by atoms with Gasteiger partial charge in [0.25, 0.3) is 0 Å². The lowest BCUT2D eigenvalue weighted by atomic mass is 9.78. The average molecular weight is 223 g/mol. The molecule has 1 aromatic rings. The van der Waals surface area contributed by atoms with Crippen LogP contribution in [0.2, 0.25) is 0 Å². The zero-order valence-electron chi connectivity index (χ0n) is 11.1. The van der Waals surface area contributed by atoms with Gasteiger partial charge >= 0.3 is 0 Å². The smallest absolute Gasteiger partial charge is 0.0624 e. The van der Waals surface area contributed by atoms with E-state index in [2.05, 4.69) is 31.9 Å². The van der Waals surface area contributed by atoms with Gasteiger partial charge in [-0.2, -0.15) is 5.10 Å². The van der Waals surface area contributed by atoms with Crippen molar-refractivity contribution in [3.05, 3.63) is 17.5 Å². The molecule has 1 rings (SSSR count). The van der Waals surface area contributed by atoms with Gasteiger partial charge in [0.1, 0.15) is 0 Å². The third-order valence-electron chi connectivity index (χ3n) is 3.88. The molecule has 0 aliphatic heterocycles. The summed E-state index contributed by atoms with van der Waals surface area (Å²) in [5.41, 5.74) is 8.67. The Morgan fingerprint density at radius 1 is 1.31 bits per heavy atom. The first-order valence-electron chi connectivity index (χ1n) is 6.32. The van der Waals surface area contributed by atoms with E-state index in [1.54, 1.807) is 0 Å². The van der Waals surface area contributed by atoms with Crippen LogP contribution in [0, 0.1) is 5.41 Å². The minimum Gasteiger partial charge on any atom is -0.330 e. The van der Waals surface area contributed by atoms with Crippen LogP contribution in [-0.2, 0) is 19.9 Å². The second kappa shape index (κ2) is 5.48. The molecule has 0 aliphatic rings. The van der Waals surface area contributed by atoms with Crippen molar-refractivity contribution < 1.29 is 0 Å². The van der Waals surface area contributed by atoms with E-state index in [1.807, 2.05) is 11.7 Å². The first-order valence-corrected chi connectivity index (χ1v) is 6.32. The minimum absolute atomic E-state index is 0.249. The Hall–Kier alpha value is -0.830. The third kappa shape index (κ3) is 2.64. The van der Waals surface area contributed by atoms with Crippen LogP contribution in [0.3, 0.4) is 0 Å². The van der Waals surface area contributed by atoms with Gasteiger partial charge in [0.2, 0.25) is 0 Å². The van der Waals surface area contributed by atoms with E-state index in [1.165, 1.54) is 11.4 Å². The van der Waals surface area contributed by atoms with Crippen molar-refractivity contribution in [2.75, 3.05) is 6.54 Å². The van der Waals surface area contributed by atoms with Gasteiger partial charge in [0.05, 0.1) is 5.69 Å². The summed E-state index contributed by atoms with van der Waals surface area (Å²) in [5, 5.41) is 4.49. The number of hydrogen-bond acceptors (Lipinski definition) is 2. The number of hydrogen-bond donors (Lipinski definition) is 1. The molecule has 0 saturated carbocycles. The molecular formula is C13H25N3. The van der Waals surface area contributed by atoms with Gasteiger partial charge in [0.15, 0.2) is 0 Å². The summed E-state index contributed by atoms with van der Waals surface area (Å²) in [6, 6.07) is 2.22. The second-order valence-electron chi connectivity index (χ2n) is 4.69. The zero-order chi connectivity index (χ0) is 12.2. The van der Waals surface area contributed by atoms with E-state index in [4.69, 9.17) is 5.73 Å². The summed E-state index contributed by atoms with van der Waals surface area (Å²) in [6.45, 7) is 7.36. The molecule has 92 valence electrons. The van der Waals surface area contributed by atoms with Crippen LogP contribution >= 0.6 is 0 Å². The second-order valence-corrected chi connectivity index (χ2v) is 4.69. The number of aromatic nitrogens is 2. The molecular weight excluding hydrogens is 198 g/mol. The highest BCUT2D eigenvalue weighted by Gasteiger charge is 2.26. The summed E-state index contributed by atoms with van der Waals surface area (Å²) >= 11 is 0. The van der Waals surface area contributed by atoms with Crippen LogP contribution in [0.1, 0.15) is 45.0 Å². The molecule has 2 N–H and O–H groups in total. The summed E-state index contributed by atoms with van der Waals surface area (Å²) in [4.78, 5) is 0. The number of rotatable bonds is 6. The molecule has 3 nitrogen and oxygen atoms in total. The maximum atomic E-state index is 5.94. The SMILES string of the molecule is CCc1cc(CC(CC)(CC)CN)n(C)n1. The van der Waals surface area contributed by atoms with Crippen LogP contribution in [-0.4, -0.2) is 16.3 Å². The number of aryl methyl sites for hydroxylation is 2. The Labute approximate surface area is 99.0 Å². The van der Waals surface area contributed by atoms with Gasteiger partial charge < -0.3 is 5.73 Å². The van der Waals surface area contributed by atoms with Crippen LogP contribution in [0.5, 0.6) is 0 Å². The molecule has 0 radical (unpaired) electrons. The molecule has 0 fully saturated rings. The van der Waals surface area contributed by atoms with Crippen LogP contribution < -0.4 is 5.73 Å². The van der Waals surface area contributed by atoms with E-state index in [9.17, 15) is 0 Å². The fraction of sp³-hybridized carbons (Fsp3) is 0.769. The van der Waals surface area contributed by atoms with Gasteiger partial charge in [-0.1, -0.05) is 20.8 Å². The zero-order valence-corrected chi connectivity index (χ0v) is 11.1. The largest absolute Gasteiger partial charge is 0.330 e. The molecule has 0 atom stereocenters. The Kier molecular flexibility index (Phi) is 4.54. The summed E-state index contributed by atoms with van der Waals surface area (Å²) in [5.74, 6) is 0. The fourth-order valence-electron chi connectivity index (χ4n) is 2.15. The van der Waals surface area contributed by atoms with Crippen LogP contribution in [0.15, 0.2) is 6.07 Å². The molecule has 3 heteroatoms. The predicted molar refractivity (Wildman–Crippen MR) is 68.4 cm³/mol. The lowest BCUT2D eigenvalue weighted by molar-refractivity contribution is 0.265. The highest BCUT2D eigenvalue weighted by molar-refractivity contribution is 5.12. The first-order chi connectivity index (χ1) is 7.60. The maximum absolute atomic E-state index is 5.94. The Morgan fingerprint density at radius 2 is 1.94 bits per heavy atom. The van der Waals surface area contributed by atoms with Crippen molar-refractivity contribution >= 4 is 0 Å². The molecule has 16 heavy (non-hydrogen) atoms. The summed E-state index contributed by atoms with van der Waals surface area (Å²) < 4.78 is 2.01. The van der Waals surface area contributed by atoms with E-state index in [-0.39, 0.29) is 5.41 Å². The van der Waals surface area contributed by atoms with Crippen molar-refractivity contribution in [2.45, 2.75) is 46.5 Å². The fourth-order valence-corrected chi connectivity index (χ4v) is 2.15. The molecule has 1 heterocycles. The molecule has 0 aliphatic carbocycles. The van der Waals surface area contributed by atoms with Crippen LogP contribution in [0.25, 0.3) is 0 Å². The Morgan fingerprint density at radius 3 is 2.31 bits per heavy atom. The number of nitrogens with zero attached hydrogens (tertiary/aromatic N) is 2. The highest BCUT2D eigenvalue weighted by atomic mass is 15.3. The minimum atomic E-state index is 0.249. The molecule has 0 saturated heterocycles. The molecule has 1 aromatic heterocycles. The van der Waals surface area contributed by atoms with Gasteiger partial charge in [0, 0.05) is 12.7 Å². The molecule has 0 amide bonds. The summed E-state index contributed by atoms with van der Waals surface area (Å²) in [6.07, 6.45) is 4.31. The van der Waals surface area contributed by atoms with E-state index in [0.717, 1.165) is 32.2 Å². The molecule has 0 spiro atoms. The lowest BCUT2D eigenvalue weighted by Gasteiger charge is -2.30. The monoisotopic (exact) mass is 223 g/mol. The molecule has 0 aromatic carbocycles. The Balaban J connectivity index is 2.88. The lowest BCUT2D eigenvalue weighted by Crippen LogP contribution is -2.32. The van der Waals surface area contributed by atoms with E-state index >= 15 is 0 Å². The van der Waals surface area contributed by atoms with Crippen molar-refractivity contribution in [1.82, 2.24) is 9.78 Å². The third-order valence-corrected chi connectivity index (χ3v) is 3.88. The highest BCUT2D eigenvalue weighted by Crippen LogP contribution is 2.29. The van der Waals surface area contributed by atoms with E-state index in [0.29, 0.717) is 0 Å². The van der Waals surface area contributed by atoms with Gasteiger partial charge in [-0.05, 0) is 43.7 Å². The van der Waals surface area contributed by atoms with E-state index < -0.39 is 0 Å². The van der Waals surface area contributed by atoms with Crippen molar-refractivity contribution in [3.63, 3.8) is 0 Å². The maximum Gasteiger partial charge on any atom is 0.0624 e. The summed E-state index contributed by atoms with van der Waals surface area (Å²) in [7, 11) is 2.03. The Bertz CT molecular complexity index is 316. The first kappa shape index (κ1) is 13.2. The van der Waals surface area contributed by atoms with Crippen molar-refractivity contribution in [3.8, 4) is 0 Å². The van der Waals surface area contributed by atoms with Gasteiger partial charge in [-0.3, -0.25) is 4.68 Å².